The molecule has 0 spiro atoms. The van der Waals surface area contributed by atoms with Crippen LogP contribution < -0.4 is 0 Å². The summed E-state index contributed by atoms with van der Waals surface area (Å²) in [5.74, 6) is 0.0506. The van der Waals surface area contributed by atoms with Crippen molar-refractivity contribution in [3.8, 4) is 0 Å². The summed E-state index contributed by atoms with van der Waals surface area (Å²) in [6, 6.07) is 0. The Morgan fingerprint density at radius 1 is 1.00 bits per heavy atom. The summed E-state index contributed by atoms with van der Waals surface area (Å²) in [5.41, 5.74) is 2.09. The van der Waals surface area contributed by atoms with E-state index >= 15 is 0 Å². The van der Waals surface area contributed by atoms with Crippen LogP contribution in [0.2, 0.25) is 0 Å². The van der Waals surface area contributed by atoms with Crippen LogP contribution in [0.5, 0.6) is 0 Å². The van der Waals surface area contributed by atoms with E-state index in [1.165, 1.54) is 0 Å². The van der Waals surface area contributed by atoms with E-state index in [-0.39, 0.29) is 5.78 Å². The first kappa shape index (κ1) is 10.9. The van der Waals surface area contributed by atoms with Crippen LogP contribution in [-0.4, -0.2) is 5.78 Å². The van der Waals surface area contributed by atoms with E-state index in [9.17, 15) is 4.79 Å². The third kappa shape index (κ3) is 2.50. The lowest BCUT2D eigenvalue weighted by atomic mass is 9.96. The molecule has 0 radical (unpaired) electrons. The summed E-state index contributed by atoms with van der Waals surface area (Å²) in [5, 5.41) is 0. The summed E-state index contributed by atoms with van der Waals surface area (Å²) < 4.78 is 0. The van der Waals surface area contributed by atoms with Crippen LogP contribution in [0.1, 0.15) is 26.7 Å². The second-order valence-electron chi connectivity index (χ2n) is 2.69. The fourth-order valence-electron chi connectivity index (χ4n) is 0.808. The molecule has 0 N–H and O–H groups in total. The van der Waals surface area contributed by atoms with Gasteiger partial charge in [0.2, 0.25) is 0 Å². The van der Waals surface area contributed by atoms with Gasteiger partial charge < -0.3 is 0 Å². The third-order valence-electron chi connectivity index (χ3n) is 1.88. The van der Waals surface area contributed by atoms with Gasteiger partial charge in [-0.25, -0.2) is 0 Å². The van der Waals surface area contributed by atoms with Crippen LogP contribution in [-0.2, 0) is 4.79 Å². The Morgan fingerprint density at radius 2 is 1.50 bits per heavy atom. The number of rotatable bonds is 5. The quantitative estimate of drug-likeness (QED) is 0.451. The molecule has 0 atom stereocenters. The van der Waals surface area contributed by atoms with Gasteiger partial charge in [-0.15, -0.1) is 0 Å². The number of hydrogen-bond acceptors (Lipinski definition) is 1. The molecular formula is C11H16O. The van der Waals surface area contributed by atoms with Gasteiger partial charge in [-0.3, -0.25) is 4.79 Å². The first-order valence-corrected chi connectivity index (χ1v) is 4.14. The van der Waals surface area contributed by atoms with E-state index in [0.29, 0.717) is 17.6 Å². The largest absolute Gasteiger partial charge is 0.294 e. The van der Waals surface area contributed by atoms with Crippen LogP contribution in [0, 0.1) is 0 Å². The molecule has 0 saturated carbocycles. The molecule has 0 aromatic heterocycles. The van der Waals surface area contributed by atoms with Gasteiger partial charge in [-0.2, -0.15) is 0 Å². The van der Waals surface area contributed by atoms with E-state index in [1.807, 2.05) is 13.8 Å². The highest BCUT2D eigenvalue weighted by Crippen LogP contribution is 2.18. The molecule has 0 aliphatic heterocycles. The molecule has 66 valence electrons. The van der Waals surface area contributed by atoms with Crippen LogP contribution in [0.4, 0.5) is 0 Å². The molecule has 0 amide bonds. The minimum Gasteiger partial charge on any atom is -0.294 e. The van der Waals surface area contributed by atoms with Gasteiger partial charge in [0.05, 0.1) is 0 Å². The lowest BCUT2D eigenvalue weighted by Gasteiger charge is -2.07. The van der Waals surface area contributed by atoms with Crippen LogP contribution in [0.25, 0.3) is 0 Å². The number of hydrogen-bond donors (Lipinski definition) is 0. The number of allylic oxidation sites excluding steroid dienone is 3. The zero-order valence-corrected chi connectivity index (χ0v) is 7.94. The van der Waals surface area contributed by atoms with Gasteiger partial charge in [0.15, 0.2) is 5.78 Å². The smallest absolute Gasteiger partial charge is 0.162 e. The fraction of sp³-hybridized carbons (Fsp3) is 0.364. The Kier molecular flexibility index (Phi) is 4.27. The average Bonchev–Trinajstić information content (AvgIpc) is 2.12. The molecule has 1 nitrogen and oxygen atoms in total. The second kappa shape index (κ2) is 4.70. The van der Waals surface area contributed by atoms with Gasteiger partial charge in [0.1, 0.15) is 0 Å². The zero-order chi connectivity index (χ0) is 9.72. The first-order valence-electron chi connectivity index (χ1n) is 4.14. The summed E-state index contributed by atoms with van der Waals surface area (Å²) in [7, 11) is 0. The minimum atomic E-state index is 0.0506. The molecule has 0 aliphatic carbocycles. The maximum absolute atomic E-state index is 11.2. The normalized spacial score (nSPS) is 9.17. The highest BCUT2D eigenvalue weighted by molar-refractivity contribution is 5.99. The van der Waals surface area contributed by atoms with Crippen LogP contribution >= 0.6 is 0 Å². The minimum absolute atomic E-state index is 0.0506. The monoisotopic (exact) mass is 164 g/mol. The highest BCUT2D eigenvalue weighted by atomic mass is 16.1. The molecule has 0 aromatic carbocycles. The van der Waals surface area contributed by atoms with Crippen molar-refractivity contribution in [3.05, 3.63) is 36.5 Å². The molecule has 1 heteroatoms. The van der Waals surface area contributed by atoms with Crippen molar-refractivity contribution in [2.24, 2.45) is 0 Å². The predicted octanol–water partition coefficient (Wildman–Crippen LogP) is 3.04. The molecule has 0 aromatic rings. The number of Topliss-reactive ketones (excluding diaryl/α,β-unsaturated/α-hetero) is 1. The van der Waals surface area contributed by atoms with Crippen molar-refractivity contribution in [1.29, 1.82) is 0 Å². The van der Waals surface area contributed by atoms with Gasteiger partial charge in [-0.05, 0) is 17.6 Å². The van der Waals surface area contributed by atoms with Crippen molar-refractivity contribution in [3.63, 3.8) is 0 Å². The van der Waals surface area contributed by atoms with Crippen LogP contribution in [0.3, 0.4) is 0 Å². The summed E-state index contributed by atoms with van der Waals surface area (Å²) in [6.45, 7) is 15.1. The molecule has 0 fully saturated rings. The number of carbonyl (C=O) groups is 1. The predicted molar refractivity (Wildman–Crippen MR) is 53.0 cm³/mol. The molecule has 0 bridgehead atoms. The molecule has 0 rings (SSSR count). The summed E-state index contributed by atoms with van der Waals surface area (Å²) in [4.78, 5) is 11.2. The fourth-order valence-corrected chi connectivity index (χ4v) is 0.808. The van der Waals surface area contributed by atoms with Crippen molar-refractivity contribution >= 4 is 5.78 Å². The molecule has 0 aliphatic rings. The van der Waals surface area contributed by atoms with Crippen LogP contribution in [0.15, 0.2) is 36.5 Å². The van der Waals surface area contributed by atoms with Gasteiger partial charge in [-0.1, -0.05) is 33.6 Å². The molecule has 12 heavy (non-hydrogen) atoms. The van der Waals surface area contributed by atoms with Crippen molar-refractivity contribution < 1.29 is 4.79 Å². The van der Waals surface area contributed by atoms with Crippen molar-refractivity contribution in [1.82, 2.24) is 0 Å². The Balaban J connectivity index is 4.41. The number of carbonyl (C=O) groups excluding carboxylic acids is 1. The SMILES string of the molecule is C=C(CC)C(=C)C(=C)C(=O)CC. The third-order valence-corrected chi connectivity index (χ3v) is 1.88. The Bertz CT molecular complexity index is 207. The lowest BCUT2D eigenvalue weighted by molar-refractivity contribution is -0.115. The van der Waals surface area contributed by atoms with Gasteiger partial charge in [0.25, 0.3) is 0 Å². The van der Waals surface area contributed by atoms with E-state index in [2.05, 4.69) is 19.7 Å². The average molecular weight is 164 g/mol. The van der Waals surface area contributed by atoms with E-state index < -0.39 is 0 Å². The maximum atomic E-state index is 11.2. The van der Waals surface area contributed by atoms with Crippen molar-refractivity contribution in [2.75, 3.05) is 0 Å². The molecule has 0 saturated heterocycles. The lowest BCUT2D eigenvalue weighted by Crippen LogP contribution is -2.02. The Labute approximate surface area is 74.5 Å². The standard InChI is InChI=1S/C11H16O/c1-6-8(3)9(4)10(5)11(12)7-2/h3-7H2,1-2H3. The summed E-state index contributed by atoms with van der Waals surface area (Å²) in [6.07, 6.45) is 1.30. The van der Waals surface area contributed by atoms with Crippen molar-refractivity contribution in [2.45, 2.75) is 26.7 Å². The Morgan fingerprint density at radius 3 is 1.83 bits per heavy atom. The topological polar surface area (TPSA) is 17.1 Å². The number of ketones is 1. The molecule has 0 heterocycles. The zero-order valence-electron chi connectivity index (χ0n) is 7.94. The first-order chi connectivity index (χ1) is 5.54. The molecular weight excluding hydrogens is 148 g/mol. The van der Waals surface area contributed by atoms with E-state index in [0.717, 1.165) is 12.0 Å². The van der Waals surface area contributed by atoms with E-state index in [1.54, 1.807) is 0 Å². The molecule has 0 unspecified atom stereocenters. The van der Waals surface area contributed by atoms with E-state index in [4.69, 9.17) is 0 Å². The summed E-state index contributed by atoms with van der Waals surface area (Å²) >= 11 is 0. The maximum Gasteiger partial charge on any atom is 0.162 e. The van der Waals surface area contributed by atoms with Gasteiger partial charge >= 0.3 is 0 Å². The second-order valence-corrected chi connectivity index (χ2v) is 2.69. The Hall–Kier alpha value is -1.11. The van der Waals surface area contributed by atoms with Gasteiger partial charge in [0, 0.05) is 12.0 Å². The highest BCUT2D eigenvalue weighted by Gasteiger charge is 2.09.